The van der Waals surface area contributed by atoms with Crippen LogP contribution in [0.15, 0.2) is 29.4 Å². The lowest BCUT2D eigenvalue weighted by Gasteiger charge is -2.12. The molecule has 1 N–H and O–H groups in total. The van der Waals surface area contributed by atoms with Gasteiger partial charge in [-0.15, -0.1) is 10.2 Å². The van der Waals surface area contributed by atoms with Gasteiger partial charge in [0.1, 0.15) is 0 Å². The van der Waals surface area contributed by atoms with E-state index in [2.05, 4.69) is 20.1 Å². The number of halogens is 1. The molecule has 1 atom stereocenters. The van der Waals surface area contributed by atoms with Crippen LogP contribution in [0, 0.1) is 0 Å². The molecule has 0 aliphatic carbocycles. The second-order valence-corrected chi connectivity index (χ2v) is 6.61. The van der Waals surface area contributed by atoms with Gasteiger partial charge in [0.15, 0.2) is 11.0 Å². The molecule has 1 aromatic carbocycles. The smallest absolute Gasteiger partial charge is 0.195 e. The van der Waals surface area contributed by atoms with Crippen LogP contribution in [0.25, 0.3) is 5.69 Å². The summed E-state index contributed by atoms with van der Waals surface area (Å²) in [5, 5.41) is 13.4. The predicted octanol–water partition coefficient (Wildman–Crippen LogP) is 2.91. The number of ether oxygens (including phenoxy) is 1. The van der Waals surface area contributed by atoms with Crippen molar-refractivity contribution in [3.05, 3.63) is 35.1 Å². The Morgan fingerprint density at radius 3 is 3.09 bits per heavy atom. The van der Waals surface area contributed by atoms with Crippen molar-refractivity contribution in [2.75, 3.05) is 19.4 Å². The van der Waals surface area contributed by atoms with Gasteiger partial charge in [-0.2, -0.15) is 0 Å². The molecule has 0 amide bonds. The maximum atomic E-state index is 6.13. The van der Waals surface area contributed by atoms with Crippen LogP contribution in [0.2, 0.25) is 5.02 Å². The van der Waals surface area contributed by atoms with E-state index in [-0.39, 0.29) is 0 Å². The Morgan fingerprint density at radius 1 is 1.45 bits per heavy atom. The second-order valence-electron chi connectivity index (χ2n) is 5.19. The average Bonchev–Trinajstić information content (AvgIpc) is 3.15. The normalized spacial score (nSPS) is 18.0. The van der Waals surface area contributed by atoms with Gasteiger partial charge in [0, 0.05) is 17.4 Å². The van der Waals surface area contributed by atoms with Crippen LogP contribution in [0.4, 0.5) is 0 Å². The van der Waals surface area contributed by atoms with Gasteiger partial charge in [-0.3, -0.25) is 4.57 Å². The van der Waals surface area contributed by atoms with Gasteiger partial charge in [0.05, 0.1) is 18.3 Å². The van der Waals surface area contributed by atoms with Gasteiger partial charge in [-0.1, -0.05) is 29.4 Å². The third-order valence-corrected chi connectivity index (χ3v) is 4.82. The Hall–Kier alpha value is -1.08. The molecule has 2 heterocycles. The fraction of sp³-hybridized carbons (Fsp3) is 0.467. The quantitative estimate of drug-likeness (QED) is 0.821. The van der Waals surface area contributed by atoms with Crippen molar-refractivity contribution in [2.45, 2.75) is 30.6 Å². The zero-order valence-electron chi connectivity index (χ0n) is 12.5. The first kappa shape index (κ1) is 15.8. The maximum Gasteiger partial charge on any atom is 0.195 e. The SMILES string of the molecule is CNCc1nnc(SC[C@H]2CCCO2)n1-c1cccc(Cl)c1. The van der Waals surface area contributed by atoms with E-state index >= 15 is 0 Å². The van der Waals surface area contributed by atoms with Crippen molar-refractivity contribution in [2.24, 2.45) is 0 Å². The largest absolute Gasteiger partial charge is 0.377 e. The number of nitrogens with zero attached hydrogens (tertiary/aromatic N) is 3. The summed E-state index contributed by atoms with van der Waals surface area (Å²) >= 11 is 7.81. The van der Waals surface area contributed by atoms with Crippen LogP contribution >= 0.6 is 23.4 Å². The maximum absolute atomic E-state index is 6.13. The van der Waals surface area contributed by atoms with E-state index < -0.39 is 0 Å². The molecule has 1 fully saturated rings. The summed E-state index contributed by atoms with van der Waals surface area (Å²) in [5.41, 5.74) is 0.984. The molecule has 3 rings (SSSR count). The fourth-order valence-corrected chi connectivity index (χ4v) is 3.71. The minimum absolute atomic E-state index is 0.322. The number of hydrogen-bond donors (Lipinski definition) is 1. The Balaban J connectivity index is 1.85. The minimum Gasteiger partial charge on any atom is -0.377 e. The highest BCUT2D eigenvalue weighted by Crippen LogP contribution is 2.26. The molecule has 22 heavy (non-hydrogen) atoms. The molecule has 1 saturated heterocycles. The molecule has 1 aromatic heterocycles. The lowest BCUT2D eigenvalue weighted by atomic mass is 10.3. The van der Waals surface area contributed by atoms with Crippen LogP contribution in [0.5, 0.6) is 0 Å². The number of thioether (sulfide) groups is 1. The monoisotopic (exact) mass is 338 g/mol. The molecule has 1 aliphatic rings. The van der Waals surface area contributed by atoms with Crippen molar-refractivity contribution in [1.29, 1.82) is 0 Å². The summed E-state index contributed by atoms with van der Waals surface area (Å²) in [4.78, 5) is 0. The molecule has 1 aliphatic heterocycles. The van der Waals surface area contributed by atoms with E-state index in [0.717, 1.165) is 41.9 Å². The zero-order valence-corrected chi connectivity index (χ0v) is 14.0. The Labute approximate surface area is 139 Å². The van der Waals surface area contributed by atoms with E-state index in [0.29, 0.717) is 17.7 Å². The van der Waals surface area contributed by atoms with Gasteiger partial charge < -0.3 is 10.1 Å². The first-order valence-electron chi connectivity index (χ1n) is 7.37. The lowest BCUT2D eigenvalue weighted by molar-refractivity contribution is 0.129. The molecular formula is C15H19ClN4OS. The molecule has 0 radical (unpaired) electrons. The predicted molar refractivity (Wildman–Crippen MR) is 88.8 cm³/mol. The second kappa shape index (κ2) is 7.46. The van der Waals surface area contributed by atoms with Gasteiger partial charge in [-0.05, 0) is 38.1 Å². The number of hydrogen-bond acceptors (Lipinski definition) is 5. The lowest BCUT2D eigenvalue weighted by Crippen LogP contribution is -2.13. The number of nitrogens with one attached hydrogen (secondary N) is 1. The molecule has 0 unspecified atom stereocenters. The standard InChI is InChI=1S/C15H19ClN4OS/c1-17-9-14-18-19-15(22-10-13-6-3-7-21-13)20(14)12-5-2-4-11(16)8-12/h2,4-5,8,13,17H,3,6-7,9-10H2,1H3/t13-/m1/s1. The van der Waals surface area contributed by atoms with Crippen LogP contribution in [-0.4, -0.2) is 40.3 Å². The summed E-state index contributed by atoms with van der Waals surface area (Å²) in [5.74, 6) is 1.78. The van der Waals surface area contributed by atoms with Crippen molar-refractivity contribution in [3.8, 4) is 5.69 Å². The first-order chi connectivity index (χ1) is 10.8. The Morgan fingerprint density at radius 2 is 2.36 bits per heavy atom. The highest BCUT2D eigenvalue weighted by Gasteiger charge is 2.19. The summed E-state index contributed by atoms with van der Waals surface area (Å²) in [7, 11) is 1.90. The summed E-state index contributed by atoms with van der Waals surface area (Å²) < 4.78 is 7.74. The molecular weight excluding hydrogens is 320 g/mol. The fourth-order valence-electron chi connectivity index (χ4n) is 2.48. The van der Waals surface area contributed by atoms with Crippen LogP contribution in [0.1, 0.15) is 18.7 Å². The molecule has 118 valence electrons. The molecule has 2 aromatic rings. The summed E-state index contributed by atoms with van der Waals surface area (Å²) in [6.07, 6.45) is 2.60. The van der Waals surface area contributed by atoms with Crippen molar-refractivity contribution in [1.82, 2.24) is 20.1 Å². The Bertz CT molecular complexity index is 628. The Kier molecular flexibility index (Phi) is 5.36. The third kappa shape index (κ3) is 3.63. The molecule has 0 spiro atoms. The number of benzene rings is 1. The number of rotatable bonds is 6. The van der Waals surface area contributed by atoms with E-state index in [1.807, 2.05) is 31.3 Å². The highest BCUT2D eigenvalue weighted by atomic mass is 35.5. The van der Waals surface area contributed by atoms with Crippen LogP contribution in [0.3, 0.4) is 0 Å². The van der Waals surface area contributed by atoms with E-state index in [1.54, 1.807) is 11.8 Å². The topological polar surface area (TPSA) is 52.0 Å². The molecule has 5 nitrogen and oxygen atoms in total. The van der Waals surface area contributed by atoms with Gasteiger partial charge in [-0.25, -0.2) is 0 Å². The minimum atomic E-state index is 0.322. The van der Waals surface area contributed by atoms with E-state index in [9.17, 15) is 0 Å². The summed E-state index contributed by atoms with van der Waals surface area (Å²) in [6.45, 7) is 1.53. The third-order valence-electron chi connectivity index (χ3n) is 3.52. The molecule has 0 bridgehead atoms. The van der Waals surface area contributed by atoms with E-state index in [1.165, 1.54) is 0 Å². The van der Waals surface area contributed by atoms with Gasteiger partial charge in [0.25, 0.3) is 0 Å². The van der Waals surface area contributed by atoms with Crippen molar-refractivity contribution >= 4 is 23.4 Å². The zero-order chi connectivity index (χ0) is 15.4. The highest BCUT2D eigenvalue weighted by molar-refractivity contribution is 7.99. The van der Waals surface area contributed by atoms with Crippen molar-refractivity contribution < 1.29 is 4.74 Å². The molecule has 7 heteroatoms. The average molecular weight is 339 g/mol. The first-order valence-corrected chi connectivity index (χ1v) is 8.73. The van der Waals surface area contributed by atoms with Crippen LogP contribution in [-0.2, 0) is 11.3 Å². The van der Waals surface area contributed by atoms with Crippen LogP contribution < -0.4 is 5.32 Å². The van der Waals surface area contributed by atoms with Crippen molar-refractivity contribution in [3.63, 3.8) is 0 Å². The van der Waals surface area contributed by atoms with Gasteiger partial charge >= 0.3 is 0 Å². The summed E-state index contributed by atoms with van der Waals surface area (Å²) in [6, 6.07) is 7.76. The van der Waals surface area contributed by atoms with E-state index in [4.69, 9.17) is 16.3 Å². The number of aromatic nitrogens is 3. The van der Waals surface area contributed by atoms with Gasteiger partial charge in [0.2, 0.25) is 0 Å². The molecule has 0 saturated carbocycles.